The molecule has 37 heavy (non-hydrogen) atoms. The van der Waals surface area contributed by atoms with Crippen LogP contribution in [0.1, 0.15) is 59.4 Å². The number of carbonyl (C=O) groups is 2. The van der Waals surface area contributed by atoms with Crippen molar-refractivity contribution < 1.29 is 33.0 Å². The van der Waals surface area contributed by atoms with Crippen LogP contribution in [0.15, 0.2) is 35.4 Å². The van der Waals surface area contributed by atoms with Crippen molar-refractivity contribution >= 4 is 17.7 Å². The standard InChI is InChI=1S/C28H40F2N2O5/c1-15-10-20-13-21(14-22(29)24(20)30)32-27(34)17(3)9-7-8-16(2)26(37-28(31)35)19(5)12-18(4)25(33)23(11-15)36-6/h9,12-16,18,23,25-26,33H,7-8,10-11H2,1-6H3,(H2,31,35)(H,32,34)/b17-9+,19-12+/t15-,16+,18+,23+,25-,26+/m1/s1. The smallest absolute Gasteiger partial charge is 0.405 e. The molecule has 1 aromatic carbocycles. The molecule has 4 N–H and O–H groups in total. The highest BCUT2D eigenvalue weighted by Gasteiger charge is 2.29. The first-order chi connectivity index (χ1) is 17.3. The highest BCUT2D eigenvalue weighted by atomic mass is 19.2. The van der Waals surface area contributed by atoms with Crippen LogP contribution < -0.4 is 11.1 Å². The fourth-order valence-electron chi connectivity index (χ4n) is 4.86. The van der Waals surface area contributed by atoms with Crippen LogP contribution in [-0.4, -0.2) is 42.5 Å². The number of allylic oxidation sites excluding steroid dienone is 1. The van der Waals surface area contributed by atoms with Gasteiger partial charge in [0.2, 0.25) is 0 Å². The van der Waals surface area contributed by atoms with Crippen LogP contribution in [0.3, 0.4) is 0 Å². The molecule has 0 aromatic heterocycles. The zero-order valence-corrected chi connectivity index (χ0v) is 22.5. The Balaban J connectivity index is 2.47. The third kappa shape index (κ3) is 8.64. The van der Waals surface area contributed by atoms with Crippen LogP contribution in [0.25, 0.3) is 0 Å². The first-order valence-electron chi connectivity index (χ1n) is 12.6. The van der Waals surface area contributed by atoms with Gasteiger partial charge in [0.25, 0.3) is 5.91 Å². The van der Waals surface area contributed by atoms with Crippen molar-refractivity contribution in [2.75, 3.05) is 12.4 Å². The number of carbonyl (C=O) groups excluding carboxylic acids is 2. The van der Waals surface area contributed by atoms with Crippen molar-refractivity contribution in [2.24, 2.45) is 23.5 Å². The number of rotatable bonds is 2. The molecule has 2 amide bonds. The molecule has 0 saturated heterocycles. The second kappa shape index (κ2) is 13.7. The summed E-state index contributed by atoms with van der Waals surface area (Å²) in [6.07, 6.45) is 2.27. The van der Waals surface area contributed by atoms with Crippen LogP contribution in [0, 0.1) is 29.4 Å². The number of hydrogen-bond acceptors (Lipinski definition) is 5. The third-order valence-electron chi connectivity index (χ3n) is 6.95. The molecule has 1 aliphatic rings. The number of primary amides is 1. The number of nitrogens with two attached hydrogens (primary N) is 1. The molecular formula is C28H40F2N2O5. The van der Waals surface area contributed by atoms with Crippen LogP contribution in [0.5, 0.6) is 0 Å². The maximum Gasteiger partial charge on any atom is 0.405 e. The number of methoxy groups -OCH3 is 1. The summed E-state index contributed by atoms with van der Waals surface area (Å²) in [6.45, 7) is 9.07. The number of benzene rings is 1. The quantitative estimate of drug-likeness (QED) is 0.458. The molecule has 9 heteroatoms. The topological polar surface area (TPSA) is 111 Å². The second-order valence-corrected chi connectivity index (χ2v) is 10.3. The highest BCUT2D eigenvalue weighted by Crippen LogP contribution is 2.28. The predicted molar refractivity (Wildman–Crippen MR) is 139 cm³/mol. The normalized spacial score (nSPS) is 31.4. The number of nitrogens with one attached hydrogen (secondary N) is 1. The summed E-state index contributed by atoms with van der Waals surface area (Å²) >= 11 is 0. The number of fused-ring (bicyclic) bond motifs is 2. The van der Waals surface area contributed by atoms with E-state index in [1.165, 1.54) is 13.2 Å². The first-order valence-corrected chi connectivity index (χ1v) is 12.6. The molecule has 7 nitrogen and oxygen atoms in total. The molecule has 1 heterocycles. The van der Waals surface area contributed by atoms with Crippen molar-refractivity contribution in [3.63, 3.8) is 0 Å². The Morgan fingerprint density at radius 3 is 2.49 bits per heavy atom. The van der Waals surface area contributed by atoms with Crippen LogP contribution >= 0.6 is 0 Å². The number of amides is 2. The summed E-state index contributed by atoms with van der Waals surface area (Å²) in [5.41, 5.74) is 6.79. The minimum atomic E-state index is -1.04. The maximum absolute atomic E-state index is 14.6. The van der Waals surface area contributed by atoms with Gasteiger partial charge in [-0.15, -0.1) is 0 Å². The summed E-state index contributed by atoms with van der Waals surface area (Å²) in [7, 11) is 1.49. The van der Waals surface area contributed by atoms with Crippen molar-refractivity contribution in [2.45, 2.75) is 78.6 Å². The van der Waals surface area contributed by atoms with Crippen molar-refractivity contribution in [3.8, 4) is 0 Å². The Morgan fingerprint density at radius 2 is 1.86 bits per heavy atom. The molecule has 206 valence electrons. The Hall–Kier alpha value is -2.78. The van der Waals surface area contributed by atoms with Gasteiger partial charge < -0.3 is 25.6 Å². The monoisotopic (exact) mass is 522 g/mol. The second-order valence-electron chi connectivity index (χ2n) is 10.3. The number of hydrogen-bond donors (Lipinski definition) is 3. The lowest BCUT2D eigenvalue weighted by atomic mass is 9.87. The first kappa shape index (κ1) is 30.4. The number of ether oxygens (including phenoxy) is 2. The average Bonchev–Trinajstić information content (AvgIpc) is 2.82. The fourth-order valence-corrected chi connectivity index (χ4v) is 4.86. The van der Waals surface area contributed by atoms with Crippen molar-refractivity contribution in [1.82, 2.24) is 0 Å². The van der Waals surface area contributed by atoms with Gasteiger partial charge in [-0.05, 0) is 68.6 Å². The van der Waals surface area contributed by atoms with Crippen LogP contribution in [-0.2, 0) is 20.7 Å². The van der Waals surface area contributed by atoms with E-state index in [9.17, 15) is 23.5 Å². The average molecular weight is 523 g/mol. The van der Waals surface area contributed by atoms with Crippen molar-refractivity contribution in [1.29, 1.82) is 0 Å². The molecule has 0 radical (unpaired) electrons. The fraction of sp³-hybridized carbons (Fsp3) is 0.571. The minimum absolute atomic E-state index is 0.130. The lowest BCUT2D eigenvalue weighted by Crippen LogP contribution is -2.35. The summed E-state index contributed by atoms with van der Waals surface area (Å²) in [5, 5.41) is 13.7. The largest absolute Gasteiger partial charge is 0.442 e. The number of anilines is 1. The van der Waals surface area contributed by atoms with Crippen molar-refractivity contribution in [3.05, 3.63) is 52.6 Å². The van der Waals surface area contributed by atoms with Gasteiger partial charge in [-0.1, -0.05) is 32.9 Å². The number of aliphatic hydroxyl groups is 1. The number of aliphatic hydroxyl groups excluding tert-OH is 1. The Morgan fingerprint density at radius 1 is 1.19 bits per heavy atom. The van der Waals surface area contributed by atoms with E-state index in [0.29, 0.717) is 24.8 Å². The summed E-state index contributed by atoms with van der Waals surface area (Å²) in [5.74, 6) is -3.08. The SMILES string of the molecule is CO[C@H]1C[C@H](C)Cc2cc(cc(F)c2F)NC(=O)/C(C)=C/CC[C@H](C)[C@H](OC(N)=O)/C(C)=C/[C@H](C)[C@H]1O. The van der Waals surface area contributed by atoms with Crippen LogP contribution in [0.2, 0.25) is 0 Å². The molecule has 0 unspecified atom stereocenters. The van der Waals surface area contributed by atoms with Gasteiger partial charge in [0, 0.05) is 30.4 Å². The molecular weight excluding hydrogens is 482 g/mol. The Kier molecular flexibility index (Phi) is 11.3. The minimum Gasteiger partial charge on any atom is -0.442 e. The Bertz CT molecular complexity index is 1030. The lowest BCUT2D eigenvalue weighted by molar-refractivity contribution is -0.112. The molecule has 0 saturated carbocycles. The number of halogens is 2. The summed E-state index contributed by atoms with van der Waals surface area (Å²) in [6, 6.07) is 2.40. The van der Waals surface area contributed by atoms with Gasteiger partial charge in [0.15, 0.2) is 11.6 Å². The van der Waals surface area contributed by atoms with E-state index in [-0.39, 0.29) is 35.4 Å². The van der Waals surface area contributed by atoms with Gasteiger partial charge in [0.1, 0.15) is 6.10 Å². The van der Waals surface area contributed by atoms with E-state index < -0.39 is 41.9 Å². The van der Waals surface area contributed by atoms with E-state index in [0.717, 1.165) is 11.6 Å². The van der Waals surface area contributed by atoms with E-state index in [2.05, 4.69) is 5.32 Å². The summed E-state index contributed by atoms with van der Waals surface area (Å²) < 4.78 is 39.9. The summed E-state index contributed by atoms with van der Waals surface area (Å²) in [4.78, 5) is 24.3. The Labute approximate surface area is 218 Å². The van der Waals surface area contributed by atoms with Gasteiger partial charge >= 0.3 is 6.09 Å². The van der Waals surface area contributed by atoms with Gasteiger partial charge in [-0.25, -0.2) is 13.6 Å². The highest BCUT2D eigenvalue weighted by molar-refractivity contribution is 6.03. The molecule has 0 fully saturated rings. The molecule has 6 atom stereocenters. The molecule has 0 spiro atoms. The zero-order valence-electron chi connectivity index (χ0n) is 22.5. The van der Waals surface area contributed by atoms with E-state index in [1.807, 2.05) is 33.8 Å². The van der Waals surface area contributed by atoms with Gasteiger partial charge in [-0.3, -0.25) is 4.79 Å². The van der Waals surface area contributed by atoms with Crippen LogP contribution in [0.4, 0.5) is 19.3 Å². The molecule has 1 aliphatic heterocycles. The van der Waals surface area contributed by atoms with E-state index in [4.69, 9.17) is 15.2 Å². The third-order valence-corrected chi connectivity index (χ3v) is 6.95. The van der Waals surface area contributed by atoms with E-state index in [1.54, 1.807) is 13.0 Å². The molecule has 0 aliphatic carbocycles. The van der Waals surface area contributed by atoms with Gasteiger partial charge in [-0.2, -0.15) is 0 Å². The zero-order chi connectivity index (χ0) is 27.9. The lowest BCUT2D eigenvalue weighted by Gasteiger charge is -2.29. The van der Waals surface area contributed by atoms with E-state index >= 15 is 0 Å². The molecule has 2 rings (SSSR count). The molecule has 1 aromatic rings. The maximum atomic E-state index is 14.6. The predicted octanol–water partition coefficient (Wildman–Crippen LogP) is 5.27. The van der Waals surface area contributed by atoms with Gasteiger partial charge in [0.05, 0.1) is 12.2 Å². The molecule has 2 bridgehead atoms.